The van der Waals surface area contributed by atoms with Gasteiger partial charge in [-0.15, -0.1) is 0 Å². The lowest BCUT2D eigenvalue weighted by atomic mass is 10.0. The molecule has 2 rings (SSSR count). The number of carbonyl (C=O) groups excluding carboxylic acids is 2. The minimum atomic E-state index is -0.878. The van der Waals surface area contributed by atoms with Gasteiger partial charge in [0.1, 0.15) is 17.0 Å². The highest BCUT2D eigenvalue weighted by Gasteiger charge is 2.33. The molecule has 0 aliphatic carbocycles. The highest BCUT2D eigenvalue weighted by Crippen LogP contribution is 2.23. The zero-order chi connectivity index (χ0) is 19.1. The van der Waals surface area contributed by atoms with Crippen molar-refractivity contribution < 1.29 is 33.5 Å². The molecule has 0 spiro atoms. The third-order valence-corrected chi connectivity index (χ3v) is 3.30. The molecule has 26 heavy (non-hydrogen) atoms. The SMILES string of the molecule is CCOC(=O)c1onc(/C(=N\O)c2cccc(OC)c2)c1C(=O)OCC. The van der Waals surface area contributed by atoms with E-state index in [2.05, 4.69) is 10.3 Å². The molecule has 1 aromatic heterocycles. The fourth-order valence-corrected chi connectivity index (χ4v) is 2.19. The summed E-state index contributed by atoms with van der Waals surface area (Å²) in [4.78, 5) is 24.4. The van der Waals surface area contributed by atoms with E-state index in [9.17, 15) is 14.8 Å². The lowest BCUT2D eigenvalue weighted by Gasteiger charge is -2.07. The molecule has 2 aromatic rings. The van der Waals surface area contributed by atoms with Crippen LogP contribution in [0.5, 0.6) is 5.75 Å². The lowest BCUT2D eigenvalue weighted by Crippen LogP contribution is -2.16. The van der Waals surface area contributed by atoms with Crippen LogP contribution in [0.25, 0.3) is 0 Å². The van der Waals surface area contributed by atoms with Gasteiger partial charge in [-0.1, -0.05) is 22.4 Å². The van der Waals surface area contributed by atoms with Crippen molar-refractivity contribution >= 4 is 17.7 Å². The molecular weight excluding hydrogens is 344 g/mol. The Hall–Kier alpha value is -3.36. The van der Waals surface area contributed by atoms with E-state index in [4.69, 9.17) is 18.7 Å². The van der Waals surface area contributed by atoms with Gasteiger partial charge in [0.15, 0.2) is 5.69 Å². The molecule has 9 heteroatoms. The van der Waals surface area contributed by atoms with Gasteiger partial charge < -0.3 is 23.9 Å². The van der Waals surface area contributed by atoms with E-state index in [0.717, 1.165) is 0 Å². The molecule has 0 fully saturated rings. The van der Waals surface area contributed by atoms with E-state index < -0.39 is 17.7 Å². The molecule has 0 aliphatic heterocycles. The van der Waals surface area contributed by atoms with Gasteiger partial charge >= 0.3 is 11.9 Å². The van der Waals surface area contributed by atoms with Gasteiger partial charge in [0.05, 0.1) is 20.3 Å². The maximum Gasteiger partial charge on any atom is 0.378 e. The van der Waals surface area contributed by atoms with Gasteiger partial charge in [-0.3, -0.25) is 0 Å². The summed E-state index contributed by atoms with van der Waals surface area (Å²) >= 11 is 0. The number of ether oxygens (including phenoxy) is 3. The van der Waals surface area contributed by atoms with Crippen LogP contribution in [0.3, 0.4) is 0 Å². The number of carbonyl (C=O) groups is 2. The average molecular weight is 362 g/mol. The van der Waals surface area contributed by atoms with Crippen LogP contribution in [0.1, 0.15) is 46.0 Å². The third kappa shape index (κ3) is 3.82. The van der Waals surface area contributed by atoms with Crippen LogP contribution in [0.2, 0.25) is 0 Å². The Labute approximate surface area is 149 Å². The first-order valence-electron chi connectivity index (χ1n) is 7.78. The number of nitrogens with zero attached hydrogens (tertiary/aromatic N) is 2. The van der Waals surface area contributed by atoms with E-state index in [-0.39, 0.29) is 30.2 Å². The lowest BCUT2D eigenvalue weighted by molar-refractivity contribution is 0.0445. The Kier molecular flexibility index (Phi) is 6.31. The highest BCUT2D eigenvalue weighted by atomic mass is 16.6. The molecule has 0 amide bonds. The smallest absolute Gasteiger partial charge is 0.378 e. The second kappa shape index (κ2) is 8.65. The van der Waals surface area contributed by atoms with Crippen molar-refractivity contribution in [3.8, 4) is 5.75 Å². The van der Waals surface area contributed by atoms with E-state index in [0.29, 0.717) is 11.3 Å². The van der Waals surface area contributed by atoms with Gasteiger partial charge in [-0.2, -0.15) is 0 Å². The molecule has 9 nitrogen and oxygen atoms in total. The molecular formula is C17H18N2O7. The van der Waals surface area contributed by atoms with E-state index in [1.807, 2.05) is 0 Å². The molecule has 0 bridgehead atoms. The third-order valence-electron chi connectivity index (χ3n) is 3.30. The fraction of sp³-hybridized carbons (Fsp3) is 0.294. The first-order valence-corrected chi connectivity index (χ1v) is 7.78. The van der Waals surface area contributed by atoms with Crippen molar-refractivity contribution in [1.29, 1.82) is 0 Å². The number of esters is 2. The summed E-state index contributed by atoms with van der Waals surface area (Å²) in [6.45, 7) is 3.36. The summed E-state index contributed by atoms with van der Waals surface area (Å²) in [5, 5.41) is 16.4. The molecule has 1 aromatic carbocycles. The maximum atomic E-state index is 12.3. The minimum Gasteiger partial charge on any atom is -0.497 e. The summed E-state index contributed by atoms with van der Waals surface area (Å²) in [5.74, 6) is -1.66. The van der Waals surface area contributed by atoms with Gasteiger partial charge in [-0.25, -0.2) is 9.59 Å². The second-order valence-electron chi connectivity index (χ2n) is 4.86. The molecule has 0 atom stereocenters. The zero-order valence-corrected chi connectivity index (χ0v) is 14.5. The minimum absolute atomic E-state index is 0.0660. The van der Waals surface area contributed by atoms with Crippen molar-refractivity contribution in [1.82, 2.24) is 5.16 Å². The Balaban J connectivity index is 2.59. The number of rotatable bonds is 7. The van der Waals surface area contributed by atoms with Crippen LogP contribution in [0, 0.1) is 0 Å². The highest BCUT2D eigenvalue weighted by molar-refractivity contribution is 6.18. The number of hydrogen-bond donors (Lipinski definition) is 1. The monoisotopic (exact) mass is 362 g/mol. The summed E-state index contributed by atoms with van der Waals surface area (Å²) in [6, 6.07) is 6.54. The molecule has 0 unspecified atom stereocenters. The topological polar surface area (TPSA) is 120 Å². The summed E-state index contributed by atoms with van der Waals surface area (Å²) in [7, 11) is 1.48. The van der Waals surface area contributed by atoms with Crippen LogP contribution in [0.15, 0.2) is 33.9 Å². The van der Waals surface area contributed by atoms with Crippen LogP contribution in [0.4, 0.5) is 0 Å². The Morgan fingerprint density at radius 1 is 1.19 bits per heavy atom. The van der Waals surface area contributed by atoms with E-state index in [1.54, 1.807) is 38.1 Å². The van der Waals surface area contributed by atoms with Crippen LogP contribution in [-0.2, 0) is 9.47 Å². The molecule has 1 N–H and O–H groups in total. The standard InChI is InChI=1S/C17H18N2O7/c1-4-24-16(20)12-14(19-26-15(12)17(21)25-5-2)13(18-22)10-7-6-8-11(9-10)23-3/h6-9,22H,4-5H2,1-3H3/b18-13-. The second-order valence-corrected chi connectivity index (χ2v) is 4.86. The van der Waals surface area contributed by atoms with Crippen molar-refractivity contribution in [3.05, 3.63) is 46.8 Å². The largest absolute Gasteiger partial charge is 0.497 e. The van der Waals surface area contributed by atoms with Crippen LogP contribution in [-0.4, -0.2) is 48.3 Å². The summed E-state index contributed by atoms with van der Waals surface area (Å²) in [5.41, 5.74) is -0.129. The van der Waals surface area contributed by atoms with Gasteiger partial charge in [0, 0.05) is 5.56 Å². The number of methoxy groups -OCH3 is 1. The van der Waals surface area contributed by atoms with Crippen LogP contribution >= 0.6 is 0 Å². The zero-order valence-electron chi connectivity index (χ0n) is 14.5. The fourth-order valence-electron chi connectivity index (χ4n) is 2.19. The number of oxime groups is 1. The first kappa shape index (κ1) is 19.0. The first-order chi connectivity index (χ1) is 12.6. The van der Waals surface area contributed by atoms with Gasteiger partial charge in [-0.05, 0) is 26.0 Å². The number of aromatic nitrogens is 1. The Bertz CT molecular complexity index is 826. The Morgan fingerprint density at radius 3 is 2.50 bits per heavy atom. The van der Waals surface area contributed by atoms with Crippen molar-refractivity contribution in [2.45, 2.75) is 13.8 Å². The summed E-state index contributed by atoms with van der Waals surface area (Å²) in [6.07, 6.45) is 0. The van der Waals surface area contributed by atoms with Crippen molar-refractivity contribution in [3.63, 3.8) is 0 Å². The Morgan fingerprint density at radius 2 is 1.88 bits per heavy atom. The molecule has 138 valence electrons. The van der Waals surface area contributed by atoms with Crippen molar-refractivity contribution in [2.75, 3.05) is 20.3 Å². The number of benzene rings is 1. The molecule has 0 saturated carbocycles. The predicted molar refractivity (Wildman–Crippen MR) is 88.8 cm³/mol. The molecule has 0 radical (unpaired) electrons. The molecule has 0 saturated heterocycles. The van der Waals surface area contributed by atoms with Crippen molar-refractivity contribution in [2.24, 2.45) is 5.16 Å². The number of hydrogen-bond acceptors (Lipinski definition) is 9. The van der Waals surface area contributed by atoms with E-state index in [1.165, 1.54) is 7.11 Å². The quantitative estimate of drug-likeness (QED) is 0.345. The summed E-state index contributed by atoms with van der Waals surface area (Å²) < 4.78 is 19.9. The van der Waals surface area contributed by atoms with Gasteiger partial charge in [0.2, 0.25) is 0 Å². The normalized spacial score (nSPS) is 11.1. The van der Waals surface area contributed by atoms with E-state index >= 15 is 0 Å². The molecule has 1 heterocycles. The predicted octanol–water partition coefficient (Wildman–Crippen LogP) is 2.26. The van der Waals surface area contributed by atoms with Gasteiger partial charge in [0.25, 0.3) is 5.76 Å². The maximum absolute atomic E-state index is 12.3. The van der Waals surface area contributed by atoms with Crippen LogP contribution < -0.4 is 4.74 Å². The molecule has 0 aliphatic rings. The average Bonchev–Trinajstić information content (AvgIpc) is 3.08.